The van der Waals surface area contributed by atoms with Gasteiger partial charge in [0.1, 0.15) is 11.4 Å². The van der Waals surface area contributed by atoms with E-state index in [1.807, 2.05) is 11.8 Å². The molecule has 0 bridgehead atoms. The average Bonchev–Trinajstić information content (AvgIpc) is 3.35. The van der Waals surface area contributed by atoms with Gasteiger partial charge in [0.15, 0.2) is 0 Å². The fourth-order valence-corrected chi connectivity index (χ4v) is 5.43. The van der Waals surface area contributed by atoms with E-state index < -0.39 is 5.54 Å². The number of aliphatic imine (C=N–C) groups is 1. The van der Waals surface area contributed by atoms with Gasteiger partial charge in [-0.05, 0) is 38.5 Å². The summed E-state index contributed by atoms with van der Waals surface area (Å²) < 4.78 is 5.14. The Balaban J connectivity index is 1.45. The first kappa shape index (κ1) is 17.8. The predicted molar refractivity (Wildman–Crippen MR) is 98.0 cm³/mol. The Hall–Kier alpha value is -1.63. The number of rotatable bonds is 4. The summed E-state index contributed by atoms with van der Waals surface area (Å²) in [6.45, 7) is 4.37. The highest BCUT2D eigenvalue weighted by Gasteiger charge is 2.61. The van der Waals surface area contributed by atoms with Gasteiger partial charge in [0.05, 0.1) is 13.2 Å². The molecule has 2 aliphatic heterocycles. The van der Waals surface area contributed by atoms with E-state index in [1.54, 1.807) is 12.0 Å². The van der Waals surface area contributed by atoms with Crippen LogP contribution >= 0.6 is 0 Å². The highest BCUT2D eigenvalue weighted by molar-refractivity contribution is 6.07. The molecule has 3 fully saturated rings. The maximum atomic E-state index is 13.2. The van der Waals surface area contributed by atoms with Crippen LogP contribution in [0.1, 0.15) is 45.4 Å². The van der Waals surface area contributed by atoms with Gasteiger partial charge >= 0.3 is 6.03 Å². The maximum Gasteiger partial charge on any atom is 0.317 e. The molecule has 1 N–H and O–H groups in total. The molecule has 1 spiro atoms. The van der Waals surface area contributed by atoms with Crippen molar-refractivity contribution in [2.24, 2.45) is 16.8 Å². The van der Waals surface area contributed by atoms with Crippen molar-refractivity contribution < 1.29 is 14.3 Å². The molecule has 2 saturated carbocycles. The van der Waals surface area contributed by atoms with Crippen molar-refractivity contribution in [1.82, 2.24) is 15.1 Å². The average molecular weight is 362 g/mol. The lowest BCUT2D eigenvalue weighted by molar-refractivity contribution is -0.132. The van der Waals surface area contributed by atoms with E-state index in [2.05, 4.69) is 5.32 Å². The molecule has 4 aliphatic rings. The molecule has 1 saturated heterocycles. The molecule has 2 aliphatic carbocycles. The number of nitrogens with zero attached hydrogens (tertiary/aromatic N) is 3. The van der Waals surface area contributed by atoms with Crippen LogP contribution in [-0.4, -0.2) is 72.5 Å². The third-order valence-electron chi connectivity index (χ3n) is 6.81. The number of hydrogen-bond acceptors (Lipinski definition) is 4. The Morgan fingerprint density at radius 1 is 1.31 bits per heavy atom. The second kappa shape index (κ2) is 6.83. The van der Waals surface area contributed by atoms with Crippen LogP contribution in [-0.2, 0) is 9.53 Å². The summed E-state index contributed by atoms with van der Waals surface area (Å²) in [6.07, 6.45) is 6.37. The maximum absolute atomic E-state index is 13.2. The standard InChI is InChI=1S/C19H30N4O3/c1-13-21-19(17(24)23(13)9-10-26-2)8-7-14-11-22(12-16(14)19)18(25)20-15-5-3-4-6-15/h14-16H,3-12H2,1-2H3,(H,20,25)/t14-,16+,19-/m1/s1. The summed E-state index contributed by atoms with van der Waals surface area (Å²) in [5.41, 5.74) is -0.648. The first-order valence-corrected chi connectivity index (χ1v) is 9.98. The summed E-state index contributed by atoms with van der Waals surface area (Å²) in [5.74, 6) is 1.43. The number of carbonyl (C=O) groups is 2. The van der Waals surface area contributed by atoms with Gasteiger partial charge in [-0.1, -0.05) is 12.8 Å². The van der Waals surface area contributed by atoms with Crippen LogP contribution in [0.25, 0.3) is 0 Å². The van der Waals surface area contributed by atoms with E-state index in [9.17, 15) is 9.59 Å². The second-order valence-corrected chi connectivity index (χ2v) is 8.27. The number of fused-ring (bicyclic) bond motifs is 2. The highest BCUT2D eigenvalue weighted by Crippen LogP contribution is 2.50. The molecule has 144 valence electrons. The van der Waals surface area contributed by atoms with Gasteiger partial charge in [-0.15, -0.1) is 0 Å². The smallest absolute Gasteiger partial charge is 0.317 e. The Morgan fingerprint density at radius 3 is 2.81 bits per heavy atom. The third-order valence-corrected chi connectivity index (χ3v) is 6.81. The zero-order valence-corrected chi connectivity index (χ0v) is 15.9. The monoisotopic (exact) mass is 362 g/mol. The molecule has 0 radical (unpaired) electrons. The van der Waals surface area contributed by atoms with E-state index in [-0.39, 0.29) is 17.9 Å². The lowest BCUT2D eigenvalue weighted by Gasteiger charge is -2.28. The quantitative estimate of drug-likeness (QED) is 0.826. The molecule has 3 atom stereocenters. The lowest BCUT2D eigenvalue weighted by atomic mass is 9.85. The second-order valence-electron chi connectivity index (χ2n) is 8.27. The topological polar surface area (TPSA) is 74.2 Å². The molecule has 2 heterocycles. The van der Waals surface area contributed by atoms with Crippen LogP contribution in [0.5, 0.6) is 0 Å². The zero-order chi connectivity index (χ0) is 18.3. The summed E-state index contributed by atoms with van der Waals surface area (Å²) in [7, 11) is 1.65. The Labute approximate surface area is 155 Å². The van der Waals surface area contributed by atoms with E-state index in [1.165, 1.54) is 12.8 Å². The van der Waals surface area contributed by atoms with Crippen LogP contribution in [0.15, 0.2) is 4.99 Å². The van der Waals surface area contributed by atoms with Gasteiger partial charge in [0, 0.05) is 32.2 Å². The molecular formula is C19H30N4O3. The van der Waals surface area contributed by atoms with Crippen LogP contribution in [0.4, 0.5) is 4.79 Å². The van der Waals surface area contributed by atoms with Crippen LogP contribution < -0.4 is 5.32 Å². The summed E-state index contributed by atoms with van der Waals surface area (Å²) in [4.78, 5) is 34.4. The van der Waals surface area contributed by atoms with Crippen molar-refractivity contribution in [2.75, 3.05) is 33.4 Å². The fourth-order valence-electron chi connectivity index (χ4n) is 5.43. The lowest BCUT2D eigenvalue weighted by Crippen LogP contribution is -2.48. The van der Waals surface area contributed by atoms with Crippen LogP contribution in [0, 0.1) is 11.8 Å². The Morgan fingerprint density at radius 2 is 2.08 bits per heavy atom. The minimum absolute atomic E-state index is 0.0452. The van der Waals surface area contributed by atoms with E-state index in [0.29, 0.717) is 31.7 Å². The summed E-state index contributed by atoms with van der Waals surface area (Å²) in [6, 6.07) is 0.374. The van der Waals surface area contributed by atoms with Crippen molar-refractivity contribution in [3.8, 4) is 0 Å². The third kappa shape index (κ3) is 2.80. The number of carbonyl (C=O) groups excluding carboxylic acids is 2. The van der Waals surface area contributed by atoms with Crippen LogP contribution in [0.3, 0.4) is 0 Å². The largest absolute Gasteiger partial charge is 0.383 e. The summed E-state index contributed by atoms with van der Waals surface area (Å²) in [5, 5.41) is 3.19. The fraction of sp³-hybridized carbons (Fsp3) is 0.842. The van der Waals surface area contributed by atoms with Crippen molar-refractivity contribution in [3.63, 3.8) is 0 Å². The normalized spacial score (nSPS) is 34.1. The van der Waals surface area contributed by atoms with Gasteiger partial charge < -0.3 is 15.0 Å². The Kier molecular flexibility index (Phi) is 4.67. The molecule has 0 aromatic carbocycles. The number of nitrogens with one attached hydrogen (secondary N) is 1. The molecule has 7 heteroatoms. The molecule has 4 rings (SSSR count). The van der Waals surface area contributed by atoms with Gasteiger partial charge in [0.25, 0.3) is 5.91 Å². The molecule has 0 aromatic rings. The van der Waals surface area contributed by atoms with Gasteiger partial charge in [-0.25, -0.2) is 4.79 Å². The molecular weight excluding hydrogens is 332 g/mol. The van der Waals surface area contributed by atoms with Gasteiger partial charge in [-0.3, -0.25) is 14.7 Å². The SMILES string of the molecule is COCCN1C(=O)[C@]2(CC[C@@H]3CN(C(=O)NC4CCCC4)C[C@@H]32)N=C1C. The number of methoxy groups -OCH3 is 1. The number of hydrogen-bond donors (Lipinski definition) is 1. The van der Waals surface area contributed by atoms with Crippen LogP contribution in [0.2, 0.25) is 0 Å². The molecule has 26 heavy (non-hydrogen) atoms. The first-order valence-electron chi connectivity index (χ1n) is 9.98. The van der Waals surface area contributed by atoms with Crippen molar-refractivity contribution >= 4 is 17.8 Å². The molecule has 0 unspecified atom stereocenters. The highest BCUT2D eigenvalue weighted by atomic mass is 16.5. The first-order chi connectivity index (χ1) is 12.5. The van der Waals surface area contributed by atoms with Gasteiger partial charge in [0.2, 0.25) is 0 Å². The van der Waals surface area contributed by atoms with Crippen molar-refractivity contribution in [2.45, 2.75) is 57.0 Å². The van der Waals surface area contributed by atoms with E-state index in [4.69, 9.17) is 9.73 Å². The number of amidine groups is 1. The number of likely N-dealkylation sites (tertiary alicyclic amines) is 1. The predicted octanol–water partition coefficient (Wildman–Crippen LogP) is 1.63. The van der Waals surface area contributed by atoms with Crippen molar-refractivity contribution in [1.29, 1.82) is 0 Å². The number of ether oxygens (including phenoxy) is 1. The number of urea groups is 1. The van der Waals surface area contributed by atoms with Crippen molar-refractivity contribution in [3.05, 3.63) is 0 Å². The molecule has 7 nitrogen and oxygen atoms in total. The molecule has 0 aromatic heterocycles. The Bertz CT molecular complexity index is 616. The summed E-state index contributed by atoms with van der Waals surface area (Å²) >= 11 is 0. The van der Waals surface area contributed by atoms with Gasteiger partial charge in [-0.2, -0.15) is 0 Å². The van der Waals surface area contributed by atoms with E-state index in [0.717, 1.165) is 38.1 Å². The minimum Gasteiger partial charge on any atom is -0.383 e. The number of amides is 3. The van der Waals surface area contributed by atoms with E-state index >= 15 is 0 Å². The zero-order valence-electron chi connectivity index (χ0n) is 15.9. The minimum atomic E-state index is -0.648. The molecule has 3 amide bonds.